The van der Waals surface area contributed by atoms with Gasteiger partial charge in [-0.25, -0.2) is 4.39 Å². The normalized spacial score (nSPS) is 12.3. The van der Waals surface area contributed by atoms with Crippen LogP contribution >= 0.6 is 0 Å². The van der Waals surface area contributed by atoms with E-state index in [1.54, 1.807) is 37.4 Å². The minimum atomic E-state index is -0.365. The molecule has 1 aromatic heterocycles. The van der Waals surface area contributed by atoms with Gasteiger partial charge >= 0.3 is 0 Å². The summed E-state index contributed by atoms with van der Waals surface area (Å²) in [7, 11) is 0. The number of benzene rings is 1. The predicted octanol–water partition coefficient (Wildman–Crippen LogP) is 5.02. The average Bonchev–Trinajstić information content (AvgIpc) is 2.60. The van der Waals surface area contributed by atoms with Crippen LogP contribution in [0, 0.1) is 5.82 Å². The third-order valence-corrected chi connectivity index (χ3v) is 3.67. The summed E-state index contributed by atoms with van der Waals surface area (Å²) in [5, 5.41) is 9.21. The van der Waals surface area contributed by atoms with Crippen molar-refractivity contribution in [3.63, 3.8) is 0 Å². The van der Waals surface area contributed by atoms with Crippen molar-refractivity contribution in [2.24, 2.45) is 0 Å². The molecule has 2 rings (SSSR count). The van der Waals surface area contributed by atoms with E-state index >= 15 is 0 Å². The predicted molar refractivity (Wildman–Crippen MR) is 99.9 cm³/mol. The number of rotatable bonds is 9. The molecular formula is C21H24FNO2. The SMILES string of the molecule is C=CCOc1ccc(-c2ccc(C=CCCCC(C)O)cn2)c(F)c1. The highest BCUT2D eigenvalue weighted by Gasteiger charge is 2.08. The number of halogens is 1. The maximum atomic E-state index is 14.2. The van der Waals surface area contributed by atoms with E-state index in [-0.39, 0.29) is 11.9 Å². The Morgan fingerprint density at radius 1 is 1.32 bits per heavy atom. The van der Waals surface area contributed by atoms with E-state index in [1.807, 2.05) is 12.1 Å². The minimum Gasteiger partial charge on any atom is -0.489 e. The van der Waals surface area contributed by atoms with Gasteiger partial charge < -0.3 is 9.84 Å². The summed E-state index contributed by atoms with van der Waals surface area (Å²) in [6, 6.07) is 8.46. The van der Waals surface area contributed by atoms with E-state index < -0.39 is 0 Å². The molecule has 1 atom stereocenters. The third kappa shape index (κ3) is 6.16. The van der Waals surface area contributed by atoms with Crippen molar-refractivity contribution in [2.75, 3.05) is 6.61 Å². The summed E-state index contributed by atoms with van der Waals surface area (Å²) in [5.74, 6) is 0.105. The Kier molecular flexibility index (Phi) is 7.36. The fourth-order valence-corrected chi connectivity index (χ4v) is 2.36. The molecular weight excluding hydrogens is 317 g/mol. The van der Waals surface area contributed by atoms with Gasteiger partial charge in [0.1, 0.15) is 18.2 Å². The second kappa shape index (κ2) is 9.74. The van der Waals surface area contributed by atoms with Gasteiger partial charge in [-0.2, -0.15) is 0 Å². The topological polar surface area (TPSA) is 42.4 Å². The zero-order chi connectivity index (χ0) is 18.1. The molecule has 1 unspecified atom stereocenters. The number of hydrogen-bond donors (Lipinski definition) is 1. The van der Waals surface area contributed by atoms with Gasteiger partial charge in [0.05, 0.1) is 11.8 Å². The van der Waals surface area contributed by atoms with Crippen molar-refractivity contribution < 1.29 is 14.2 Å². The number of unbranched alkanes of at least 4 members (excludes halogenated alkanes) is 1. The molecule has 1 heterocycles. The Hall–Kier alpha value is -2.46. The second-order valence-electron chi connectivity index (χ2n) is 5.90. The van der Waals surface area contributed by atoms with Crippen LogP contribution in [0.25, 0.3) is 17.3 Å². The van der Waals surface area contributed by atoms with Crippen LogP contribution in [0.5, 0.6) is 5.75 Å². The lowest BCUT2D eigenvalue weighted by atomic mass is 10.1. The van der Waals surface area contributed by atoms with Crippen molar-refractivity contribution >= 4 is 6.08 Å². The number of hydrogen-bond acceptors (Lipinski definition) is 3. The summed E-state index contributed by atoms with van der Waals surface area (Å²) in [6.07, 6.45) is 9.79. The van der Waals surface area contributed by atoms with Crippen molar-refractivity contribution in [2.45, 2.75) is 32.3 Å². The molecule has 0 amide bonds. The summed E-state index contributed by atoms with van der Waals surface area (Å²) in [5.41, 5.74) is 1.99. The van der Waals surface area contributed by atoms with Crippen LogP contribution in [0.3, 0.4) is 0 Å². The first-order valence-corrected chi connectivity index (χ1v) is 8.44. The summed E-state index contributed by atoms with van der Waals surface area (Å²) < 4.78 is 19.6. The van der Waals surface area contributed by atoms with Crippen LogP contribution in [0.1, 0.15) is 31.7 Å². The lowest BCUT2D eigenvalue weighted by Crippen LogP contribution is -1.97. The number of allylic oxidation sites excluding steroid dienone is 1. The smallest absolute Gasteiger partial charge is 0.136 e. The highest BCUT2D eigenvalue weighted by molar-refractivity contribution is 5.62. The molecule has 3 nitrogen and oxygen atoms in total. The average molecular weight is 341 g/mol. The molecule has 4 heteroatoms. The first-order valence-electron chi connectivity index (χ1n) is 8.44. The van der Waals surface area contributed by atoms with Crippen LogP contribution < -0.4 is 4.74 Å². The van der Waals surface area contributed by atoms with Crippen LogP contribution in [0.2, 0.25) is 0 Å². The molecule has 0 radical (unpaired) electrons. The fraction of sp³-hybridized carbons (Fsp3) is 0.286. The molecule has 0 spiro atoms. The van der Waals surface area contributed by atoms with Gasteiger partial charge in [-0.05, 0) is 49.9 Å². The quantitative estimate of drug-likeness (QED) is 0.514. The number of aliphatic hydroxyl groups is 1. The van der Waals surface area contributed by atoms with Crippen LogP contribution in [0.4, 0.5) is 4.39 Å². The van der Waals surface area contributed by atoms with Gasteiger partial charge in [0.2, 0.25) is 0 Å². The van der Waals surface area contributed by atoms with E-state index in [2.05, 4.69) is 17.6 Å². The number of aromatic nitrogens is 1. The van der Waals surface area contributed by atoms with E-state index in [1.165, 1.54) is 6.07 Å². The Labute approximate surface area is 148 Å². The van der Waals surface area contributed by atoms with E-state index in [0.29, 0.717) is 23.6 Å². The number of aliphatic hydroxyl groups excluding tert-OH is 1. The molecule has 0 aliphatic carbocycles. The molecule has 0 fully saturated rings. The van der Waals surface area contributed by atoms with Crippen molar-refractivity contribution in [3.8, 4) is 17.0 Å². The van der Waals surface area contributed by atoms with Gasteiger partial charge in [-0.3, -0.25) is 4.98 Å². The van der Waals surface area contributed by atoms with Crippen LogP contribution in [-0.2, 0) is 0 Å². The molecule has 2 aromatic rings. The van der Waals surface area contributed by atoms with Crippen molar-refractivity contribution in [1.82, 2.24) is 4.98 Å². The fourth-order valence-electron chi connectivity index (χ4n) is 2.36. The standard InChI is InChI=1S/C21H24FNO2/c1-3-13-25-18-10-11-19(20(22)14-18)21-12-9-17(15-23-21)8-6-4-5-7-16(2)24/h3,6,8-12,14-16,24H,1,4-5,7,13H2,2H3. The molecule has 0 saturated heterocycles. The summed E-state index contributed by atoms with van der Waals surface area (Å²) in [6.45, 7) is 5.70. The minimum absolute atomic E-state index is 0.252. The molecule has 0 aliphatic rings. The number of pyridine rings is 1. The molecule has 0 saturated carbocycles. The van der Waals surface area contributed by atoms with Gasteiger partial charge in [0.15, 0.2) is 0 Å². The first-order chi connectivity index (χ1) is 12.1. The highest BCUT2D eigenvalue weighted by atomic mass is 19.1. The molecule has 1 aromatic carbocycles. The molecule has 132 valence electrons. The van der Waals surface area contributed by atoms with E-state index in [0.717, 1.165) is 24.8 Å². The zero-order valence-corrected chi connectivity index (χ0v) is 14.5. The maximum Gasteiger partial charge on any atom is 0.136 e. The van der Waals surface area contributed by atoms with E-state index in [9.17, 15) is 9.50 Å². The molecule has 0 bridgehead atoms. The monoisotopic (exact) mass is 341 g/mol. The summed E-state index contributed by atoms with van der Waals surface area (Å²) in [4.78, 5) is 4.34. The zero-order valence-electron chi connectivity index (χ0n) is 14.5. The van der Waals surface area contributed by atoms with Crippen molar-refractivity contribution in [3.05, 3.63) is 66.6 Å². The van der Waals surface area contributed by atoms with Gasteiger partial charge in [0.25, 0.3) is 0 Å². The highest BCUT2D eigenvalue weighted by Crippen LogP contribution is 2.25. The largest absolute Gasteiger partial charge is 0.489 e. The summed E-state index contributed by atoms with van der Waals surface area (Å²) >= 11 is 0. The maximum absolute atomic E-state index is 14.2. The third-order valence-electron chi connectivity index (χ3n) is 3.67. The van der Waals surface area contributed by atoms with Gasteiger partial charge in [-0.15, -0.1) is 0 Å². The molecule has 25 heavy (non-hydrogen) atoms. The lowest BCUT2D eigenvalue weighted by Gasteiger charge is -2.07. The van der Waals surface area contributed by atoms with Gasteiger partial charge in [0, 0.05) is 17.8 Å². The Balaban J connectivity index is 1.99. The first kappa shape index (κ1) is 18.9. The number of nitrogens with zero attached hydrogens (tertiary/aromatic N) is 1. The second-order valence-corrected chi connectivity index (χ2v) is 5.90. The van der Waals surface area contributed by atoms with Crippen LogP contribution in [0.15, 0.2) is 55.3 Å². The van der Waals surface area contributed by atoms with Gasteiger partial charge in [-0.1, -0.05) is 30.9 Å². The lowest BCUT2D eigenvalue weighted by molar-refractivity contribution is 0.182. The van der Waals surface area contributed by atoms with Crippen LogP contribution in [-0.4, -0.2) is 22.8 Å². The Morgan fingerprint density at radius 2 is 2.16 bits per heavy atom. The van der Waals surface area contributed by atoms with E-state index in [4.69, 9.17) is 4.74 Å². The van der Waals surface area contributed by atoms with Crippen molar-refractivity contribution in [1.29, 1.82) is 0 Å². The number of ether oxygens (including phenoxy) is 1. The Morgan fingerprint density at radius 3 is 2.80 bits per heavy atom. The molecule has 0 aliphatic heterocycles. The molecule has 1 N–H and O–H groups in total. The Bertz CT molecular complexity index is 708.